The van der Waals surface area contributed by atoms with E-state index < -0.39 is 12.1 Å². The SMILES string of the molecule is CC(C)NC(=O)[C@H](C)OC(=O)/C=C/c1ccc(C#N)cc1. The van der Waals surface area contributed by atoms with Gasteiger partial charge in [0.1, 0.15) is 0 Å². The normalized spacial score (nSPS) is 12.0. The smallest absolute Gasteiger partial charge is 0.331 e. The molecule has 21 heavy (non-hydrogen) atoms. The van der Waals surface area contributed by atoms with E-state index in [0.717, 1.165) is 5.56 Å². The number of esters is 1. The number of nitriles is 1. The van der Waals surface area contributed by atoms with Gasteiger partial charge in [0, 0.05) is 12.1 Å². The van der Waals surface area contributed by atoms with Gasteiger partial charge in [-0.15, -0.1) is 0 Å². The van der Waals surface area contributed by atoms with Crippen molar-refractivity contribution in [2.45, 2.75) is 32.9 Å². The van der Waals surface area contributed by atoms with Crippen LogP contribution in [0.3, 0.4) is 0 Å². The van der Waals surface area contributed by atoms with Crippen molar-refractivity contribution in [1.29, 1.82) is 5.26 Å². The first kappa shape index (κ1) is 16.4. The molecule has 1 aromatic rings. The molecule has 0 fully saturated rings. The van der Waals surface area contributed by atoms with Crippen molar-refractivity contribution < 1.29 is 14.3 Å². The third-order valence-electron chi connectivity index (χ3n) is 2.54. The fourth-order valence-electron chi connectivity index (χ4n) is 1.50. The molecule has 1 N–H and O–H groups in total. The summed E-state index contributed by atoms with van der Waals surface area (Å²) in [6, 6.07) is 8.76. The van der Waals surface area contributed by atoms with E-state index in [-0.39, 0.29) is 11.9 Å². The van der Waals surface area contributed by atoms with Gasteiger partial charge in [-0.25, -0.2) is 4.79 Å². The quantitative estimate of drug-likeness (QED) is 0.663. The van der Waals surface area contributed by atoms with E-state index in [9.17, 15) is 9.59 Å². The minimum atomic E-state index is -0.842. The summed E-state index contributed by atoms with van der Waals surface area (Å²) in [5.41, 5.74) is 1.32. The summed E-state index contributed by atoms with van der Waals surface area (Å²) in [5.74, 6) is -0.920. The van der Waals surface area contributed by atoms with Gasteiger partial charge in [-0.05, 0) is 44.5 Å². The highest BCUT2D eigenvalue weighted by Gasteiger charge is 2.16. The highest BCUT2D eigenvalue weighted by atomic mass is 16.5. The van der Waals surface area contributed by atoms with Gasteiger partial charge in [0.15, 0.2) is 6.10 Å². The molecule has 5 heteroatoms. The zero-order chi connectivity index (χ0) is 15.8. The fourth-order valence-corrected chi connectivity index (χ4v) is 1.50. The molecule has 1 atom stereocenters. The molecule has 0 aliphatic carbocycles. The lowest BCUT2D eigenvalue weighted by molar-refractivity contribution is -0.150. The Balaban J connectivity index is 2.54. The van der Waals surface area contributed by atoms with Crippen LogP contribution < -0.4 is 5.32 Å². The number of benzene rings is 1. The third-order valence-corrected chi connectivity index (χ3v) is 2.54. The summed E-state index contributed by atoms with van der Waals surface area (Å²) in [7, 11) is 0. The van der Waals surface area contributed by atoms with Crippen LogP contribution in [0.5, 0.6) is 0 Å². The molecule has 0 heterocycles. The van der Waals surface area contributed by atoms with Crippen LogP contribution in [-0.4, -0.2) is 24.0 Å². The summed E-state index contributed by atoms with van der Waals surface area (Å²) in [5, 5.41) is 11.3. The molecule has 1 rings (SSSR count). The van der Waals surface area contributed by atoms with Crippen molar-refractivity contribution in [2.75, 3.05) is 0 Å². The lowest BCUT2D eigenvalue weighted by Crippen LogP contribution is -2.39. The minimum absolute atomic E-state index is 0.00663. The third kappa shape index (κ3) is 5.91. The van der Waals surface area contributed by atoms with Gasteiger partial charge < -0.3 is 10.1 Å². The first-order valence-corrected chi connectivity index (χ1v) is 6.61. The summed E-state index contributed by atoms with van der Waals surface area (Å²) >= 11 is 0. The Morgan fingerprint density at radius 3 is 2.38 bits per heavy atom. The van der Waals surface area contributed by atoms with Gasteiger partial charge in [-0.1, -0.05) is 12.1 Å². The zero-order valence-corrected chi connectivity index (χ0v) is 12.3. The molecular weight excluding hydrogens is 268 g/mol. The fraction of sp³-hybridized carbons (Fsp3) is 0.312. The van der Waals surface area contributed by atoms with Crippen molar-refractivity contribution in [2.24, 2.45) is 0 Å². The maximum atomic E-state index is 11.6. The molecule has 1 amide bonds. The van der Waals surface area contributed by atoms with E-state index in [4.69, 9.17) is 10.00 Å². The van der Waals surface area contributed by atoms with Crippen molar-refractivity contribution in [1.82, 2.24) is 5.32 Å². The van der Waals surface area contributed by atoms with E-state index in [1.165, 1.54) is 13.0 Å². The highest BCUT2D eigenvalue weighted by Crippen LogP contribution is 2.05. The van der Waals surface area contributed by atoms with Crippen LogP contribution in [0.1, 0.15) is 31.9 Å². The van der Waals surface area contributed by atoms with E-state index in [1.807, 2.05) is 19.9 Å². The molecule has 5 nitrogen and oxygen atoms in total. The molecule has 0 bridgehead atoms. The van der Waals surface area contributed by atoms with Crippen LogP contribution in [0, 0.1) is 11.3 Å². The molecule has 0 spiro atoms. The Labute approximate surface area is 124 Å². The van der Waals surface area contributed by atoms with Crippen molar-refractivity contribution in [3.63, 3.8) is 0 Å². The molecule has 0 saturated heterocycles. The number of hydrogen-bond acceptors (Lipinski definition) is 4. The Morgan fingerprint density at radius 1 is 1.24 bits per heavy atom. The van der Waals surface area contributed by atoms with Crippen molar-refractivity contribution in [3.05, 3.63) is 41.5 Å². The predicted molar refractivity (Wildman–Crippen MR) is 79.0 cm³/mol. The average Bonchev–Trinajstić information content (AvgIpc) is 2.44. The molecule has 0 unspecified atom stereocenters. The van der Waals surface area contributed by atoms with E-state index in [0.29, 0.717) is 5.56 Å². The summed E-state index contributed by atoms with van der Waals surface area (Å²) in [6.45, 7) is 5.18. The molecule has 0 saturated carbocycles. The van der Waals surface area contributed by atoms with Gasteiger partial charge >= 0.3 is 5.97 Å². The lowest BCUT2D eigenvalue weighted by atomic mass is 10.1. The van der Waals surface area contributed by atoms with E-state index in [2.05, 4.69) is 5.32 Å². The second kappa shape index (κ2) is 7.85. The highest BCUT2D eigenvalue weighted by molar-refractivity contribution is 5.90. The number of rotatable bonds is 5. The first-order valence-electron chi connectivity index (χ1n) is 6.61. The number of nitrogens with zero attached hydrogens (tertiary/aromatic N) is 1. The number of hydrogen-bond donors (Lipinski definition) is 1. The molecule has 0 aliphatic heterocycles. The van der Waals surface area contributed by atoms with Gasteiger partial charge in [-0.2, -0.15) is 5.26 Å². The first-order chi connectivity index (χ1) is 9.92. The van der Waals surface area contributed by atoms with Crippen molar-refractivity contribution >= 4 is 18.0 Å². The molecule has 0 aliphatic rings. The Morgan fingerprint density at radius 2 is 1.86 bits per heavy atom. The summed E-state index contributed by atoms with van der Waals surface area (Å²) < 4.78 is 4.99. The van der Waals surface area contributed by atoms with Crippen LogP contribution in [-0.2, 0) is 14.3 Å². The largest absolute Gasteiger partial charge is 0.449 e. The number of carbonyl (C=O) groups excluding carboxylic acids is 2. The average molecular weight is 286 g/mol. The van der Waals surface area contributed by atoms with E-state index >= 15 is 0 Å². The lowest BCUT2D eigenvalue weighted by Gasteiger charge is -2.14. The second-order valence-corrected chi connectivity index (χ2v) is 4.81. The van der Waals surface area contributed by atoms with Crippen molar-refractivity contribution in [3.8, 4) is 6.07 Å². The molecule has 110 valence electrons. The standard InChI is InChI=1S/C16H18N2O3/c1-11(2)18-16(20)12(3)21-15(19)9-8-13-4-6-14(10-17)7-5-13/h4-9,11-12H,1-3H3,(H,18,20)/b9-8+/t12-/m0/s1. The number of carbonyl (C=O) groups is 2. The Hall–Kier alpha value is -2.61. The Bertz CT molecular complexity index is 568. The van der Waals surface area contributed by atoms with Gasteiger partial charge in [0.25, 0.3) is 5.91 Å². The van der Waals surface area contributed by atoms with Crippen LogP contribution >= 0.6 is 0 Å². The van der Waals surface area contributed by atoms with Gasteiger partial charge in [0.05, 0.1) is 11.6 Å². The number of nitrogens with one attached hydrogen (secondary N) is 1. The number of amides is 1. The molecule has 1 aromatic carbocycles. The molecular formula is C16H18N2O3. The maximum Gasteiger partial charge on any atom is 0.331 e. The predicted octanol–water partition coefficient (Wildman–Crippen LogP) is 2.03. The second-order valence-electron chi connectivity index (χ2n) is 4.81. The van der Waals surface area contributed by atoms with Gasteiger partial charge in [-0.3, -0.25) is 4.79 Å². The summed E-state index contributed by atoms with van der Waals surface area (Å²) in [6.07, 6.45) is 1.97. The van der Waals surface area contributed by atoms with Gasteiger partial charge in [0.2, 0.25) is 0 Å². The molecule has 0 aromatic heterocycles. The molecule has 0 radical (unpaired) electrons. The number of ether oxygens (including phenoxy) is 1. The van der Waals surface area contributed by atoms with Crippen LogP contribution in [0.4, 0.5) is 0 Å². The van der Waals surface area contributed by atoms with Crippen LogP contribution in [0.2, 0.25) is 0 Å². The van der Waals surface area contributed by atoms with Crippen LogP contribution in [0.15, 0.2) is 30.3 Å². The minimum Gasteiger partial charge on any atom is -0.449 e. The Kier molecular flexibility index (Phi) is 6.15. The maximum absolute atomic E-state index is 11.6. The summed E-state index contributed by atoms with van der Waals surface area (Å²) in [4.78, 5) is 23.2. The van der Waals surface area contributed by atoms with E-state index in [1.54, 1.807) is 30.3 Å². The topological polar surface area (TPSA) is 79.2 Å². The zero-order valence-electron chi connectivity index (χ0n) is 12.3. The monoisotopic (exact) mass is 286 g/mol. The van der Waals surface area contributed by atoms with Crippen LogP contribution in [0.25, 0.3) is 6.08 Å².